The zero-order valence-electron chi connectivity index (χ0n) is 12.3. The monoisotopic (exact) mass is 289 g/mol. The second-order valence-corrected chi connectivity index (χ2v) is 8.31. The summed E-state index contributed by atoms with van der Waals surface area (Å²) in [6, 6.07) is 1.01. The highest BCUT2D eigenvalue weighted by molar-refractivity contribution is 7.89. The van der Waals surface area contributed by atoms with E-state index in [4.69, 9.17) is 0 Å². The maximum Gasteiger partial charge on any atom is 0.214 e. The summed E-state index contributed by atoms with van der Waals surface area (Å²) in [5.74, 6) is 0.689. The van der Waals surface area contributed by atoms with Gasteiger partial charge in [-0.15, -0.1) is 0 Å². The topological polar surface area (TPSA) is 52.7 Å². The van der Waals surface area contributed by atoms with Crippen LogP contribution in [0, 0.1) is 5.92 Å². The van der Waals surface area contributed by atoms with Crippen molar-refractivity contribution < 1.29 is 8.42 Å². The number of nitrogens with zero attached hydrogens (tertiary/aromatic N) is 2. The summed E-state index contributed by atoms with van der Waals surface area (Å²) in [6.45, 7) is 4.27. The van der Waals surface area contributed by atoms with Crippen molar-refractivity contribution in [3.05, 3.63) is 0 Å². The lowest BCUT2D eigenvalue weighted by molar-refractivity contribution is 0.263. The molecule has 1 saturated heterocycles. The van der Waals surface area contributed by atoms with Gasteiger partial charge in [0.05, 0.1) is 5.75 Å². The van der Waals surface area contributed by atoms with E-state index in [0.717, 1.165) is 13.0 Å². The standard InChI is InChI=1S/C13H27N3O2S/c1-11-9-16(10-13(11)15(2)3)19(17,18)8-4-7-14-12-5-6-12/h11-14H,4-10H2,1-3H3. The maximum absolute atomic E-state index is 12.3. The molecule has 0 amide bonds. The van der Waals surface area contributed by atoms with Gasteiger partial charge in [-0.3, -0.25) is 0 Å². The Morgan fingerprint density at radius 2 is 1.95 bits per heavy atom. The highest BCUT2D eigenvalue weighted by Gasteiger charge is 2.36. The van der Waals surface area contributed by atoms with Gasteiger partial charge < -0.3 is 10.2 Å². The molecule has 2 unspecified atom stereocenters. The predicted octanol–water partition coefficient (Wildman–Crippen LogP) is 0.340. The fourth-order valence-electron chi connectivity index (χ4n) is 2.78. The van der Waals surface area contributed by atoms with Crippen LogP contribution in [0.25, 0.3) is 0 Å². The van der Waals surface area contributed by atoms with Gasteiger partial charge in [0.25, 0.3) is 0 Å². The quantitative estimate of drug-likeness (QED) is 0.687. The van der Waals surface area contributed by atoms with Crippen molar-refractivity contribution in [2.75, 3.05) is 39.5 Å². The zero-order valence-corrected chi connectivity index (χ0v) is 13.1. The molecular formula is C13H27N3O2S. The average Bonchev–Trinajstić information content (AvgIpc) is 3.05. The molecule has 1 heterocycles. The Morgan fingerprint density at radius 1 is 1.26 bits per heavy atom. The first-order valence-electron chi connectivity index (χ1n) is 7.28. The van der Waals surface area contributed by atoms with Crippen molar-refractivity contribution in [3.8, 4) is 0 Å². The molecule has 19 heavy (non-hydrogen) atoms. The largest absolute Gasteiger partial charge is 0.314 e. The van der Waals surface area contributed by atoms with E-state index < -0.39 is 10.0 Å². The van der Waals surface area contributed by atoms with Crippen LogP contribution >= 0.6 is 0 Å². The molecule has 0 aromatic rings. The van der Waals surface area contributed by atoms with Gasteiger partial charge >= 0.3 is 0 Å². The van der Waals surface area contributed by atoms with Crippen molar-refractivity contribution in [1.29, 1.82) is 0 Å². The Morgan fingerprint density at radius 3 is 2.47 bits per heavy atom. The third-order valence-electron chi connectivity index (χ3n) is 4.19. The highest BCUT2D eigenvalue weighted by Crippen LogP contribution is 2.23. The maximum atomic E-state index is 12.3. The number of hydrogen-bond acceptors (Lipinski definition) is 4. The highest BCUT2D eigenvalue weighted by atomic mass is 32.2. The van der Waals surface area contributed by atoms with Gasteiger partial charge in [-0.2, -0.15) is 0 Å². The lowest BCUT2D eigenvalue weighted by atomic mass is 10.1. The van der Waals surface area contributed by atoms with Gasteiger partial charge in [0, 0.05) is 25.2 Å². The van der Waals surface area contributed by atoms with Gasteiger partial charge in [0.2, 0.25) is 10.0 Å². The lowest BCUT2D eigenvalue weighted by Gasteiger charge is -2.22. The first-order valence-corrected chi connectivity index (χ1v) is 8.88. The first kappa shape index (κ1) is 15.2. The van der Waals surface area contributed by atoms with Crippen LogP contribution in [0.15, 0.2) is 0 Å². The summed E-state index contributed by atoms with van der Waals surface area (Å²) >= 11 is 0. The SMILES string of the molecule is CC1CN(S(=O)(=O)CCCNC2CC2)CC1N(C)C. The van der Waals surface area contributed by atoms with Gasteiger partial charge in [-0.05, 0) is 45.8 Å². The third-order valence-corrected chi connectivity index (χ3v) is 6.07. The molecule has 2 aliphatic rings. The molecule has 5 nitrogen and oxygen atoms in total. The minimum Gasteiger partial charge on any atom is -0.314 e. The van der Waals surface area contributed by atoms with Crippen molar-refractivity contribution in [1.82, 2.24) is 14.5 Å². The van der Waals surface area contributed by atoms with Gasteiger partial charge in [0.1, 0.15) is 0 Å². The van der Waals surface area contributed by atoms with Crippen LogP contribution < -0.4 is 5.32 Å². The number of likely N-dealkylation sites (N-methyl/N-ethyl adjacent to an activating group) is 1. The average molecular weight is 289 g/mol. The summed E-state index contributed by atoms with van der Waals surface area (Å²) in [5.41, 5.74) is 0. The summed E-state index contributed by atoms with van der Waals surface area (Å²) in [5, 5.41) is 3.36. The molecule has 1 N–H and O–H groups in total. The van der Waals surface area contributed by atoms with Crippen LogP contribution in [-0.2, 0) is 10.0 Å². The van der Waals surface area contributed by atoms with E-state index in [1.807, 2.05) is 14.1 Å². The molecule has 0 aromatic heterocycles. The number of rotatable bonds is 7. The second-order valence-electron chi connectivity index (χ2n) is 6.22. The van der Waals surface area contributed by atoms with E-state index in [0.29, 0.717) is 31.1 Å². The molecule has 0 spiro atoms. The zero-order chi connectivity index (χ0) is 14.0. The lowest BCUT2D eigenvalue weighted by Crippen LogP contribution is -2.36. The molecule has 6 heteroatoms. The van der Waals surface area contributed by atoms with E-state index in [9.17, 15) is 8.42 Å². The van der Waals surface area contributed by atoms with E-state index in [-0.39, 0.29) is 5.75 Å². The molecule has 1 saturated carbocycles. The number of sulfonamides is 1. The third kappa shape index (κ3) is 4.15. The Labute approximate surface area is 117 Å². The Hall–Kier alpha value is -0.170. The normalized spacial score (nSPS) is 29.3. The number of nitrogens with one attached hydrogen (secondary N) is 1. The van der Waals surface area contributed by atoms with Gasteiger partial charge in [-0.1, -0.05) is 6.92 Å². The van der Waals surface area contributed by atoms with E-state index in [2.05, 4.69) is 17.1 Å². The van der Waals surface area contributed by atoms with Crippen LogP contribution in [0.5, 0.6) is 0 Å². The van der Waals surface area contributed by atoms with E-state index >= 15 is 0 Å². The summed E-state index contributed by atoms with van der Waals surface area (Å²) in [4.78, 5) is 2.13. The van der Waals surface area contributed by atoms with E-state index in [1.54, 1.807) is 4.31 Å². The minimum atomic E-state index is -3.07. The molecule has 1 aliphatic carbocycles. The Balaban J connectivity index is 1.78. The Kier molecular flexibility index (Phi) is 4.87. The molecule has 0 radical (unpaired) electrons. The second kappa shape index (κ2) is 6.08. The van der Waals surface area contributed by atoms with Crippen molar-refractivity contribution >= 4 is 10.0 Å². The van der Waals surface area contributed by atoms with Crippen LogP contribution in [-0.4, -0.2) is 69.2 Å². The molecule has 2 rings (SSSR count). The molecule has 2 atom stereocenters. The van der Waals surface area contributed by atoms with Crippen molar-refractivity contribution in [3.63, 3.8) is 0 Å². The van der Waals surface area contributed by atoms with Crippen LogP contribution in [0.2, 0.25) is 0 Å². The Bertz CT molecular complexity index is 393. The fourth-order valence-corrected chi connectivity index (χ4v) is 4.39. The summed E-state index contributed by atoms with van der Waals surface area (Å²) < 4.78 is 26.3. The van der Waals surface area contributed by atoms with Gasteiger partial charge in [-0.25, -0.2) is 12.7 Å². The van der Waals surface area contributed by atoms with Crippen LogP contribution in [0.4, 0.5) is 0 Å². The minimum absolute atomic E-state index is 0.277. The smallest absolute Gasteiger partial charge is 0.214 e. The molecule has 1 aliphatic heterocycles. The van der Waals surface area contributed by atoms with Crippen molar-refractivity contribution in [2.24, 2.45) is 5.92 Å². The molecular weight excluding hydrogens is 262 g/mol. The molecule has 0 aromatic carbocycles. The predicted molar refractivity (Wildman–Crippen MR) is 77.6 cm³/mol. The molecule has 0 bridgehead atoms. The summed E-state index contributed by atoms with van der Waals surface area (Å²) in [6.07, 6.45) is 3.22. The fraction of sp³-hybridized carbons (Fsp3) is 1.00. The van der Waals surface area contributed by atoms with E-state index in [1.165, 1.54) is 12.8 Å². The summed E-state index contributed by atoms with van der Waals surface area (Å²) in [7, 11) is 0.979. The van der Waals surface area contributed by atoms with Crippen LogP contribution in [0.3, 0.4) is 0 Å². The number of hydrogen-bond donors (Lipinski definition) is 1. The molecule has 112 valence electrons. The van der Waals surface area contributed by atoms with Crippen molar-refractivity contribution in [2.45, 2.75) is 38.3 Å². The van der Waals surface area contributed by atoms with Crippen LogP contribution in [0.1, 0.15) is 26.2 Å². The first-order chi connectivity index (χ1) is 8.90. The molecule has 2 fully saturated rings. The van der Waals surface area contributed by atoms with Gasteiger partial charge in [0.15, 0.2) is 0 Å².